The summed E-state index contributed by atoms with van der Waals surface area (Å²) in [5.41, 5.74) is 0. The van der Waals surface area contributed by atoms with E-state index >= 15 is 0 Å². The molecule has 0 radical (unpaired) electrons. The fourth-order valence-electron chi connectivity index (χ4n) is 2.36. The predicted molar refractivity (Wildman–Crippen MR) is 71.8 cm³/mol. The van der Waals surface area contributed by atoms with Gasteiger partial charge in [0.1, 0.15) is 0 Å². The monoisotopic (exact) mass is 226 g/mol. The lowest BCUT2D eigenvalue weighted by molar-refractivity contribution is 0.138. The zero-order valence-electron chi connectivity index (χ0n) is 11.6. The molecular weight excluding hydrogens is 196 g/mol. The molecule has 16 heavy (non-hydrogen) atoms. The molecule has 0 amide bonds. The number of nitrogens with one attached hydrogen (secondary N) is 1. The third-order valence-electron chi connectivity index (χ3n) is 4.18. The third kappa shape index (κ3) is 4.42. The molecule has 2 atom stereocenters. The molecule has 0 heterocycles. The first kappa shape index (κ1) is 14.0. The summed E-state index contributed by atoms with van der Waals surface area (Å²) in [4.78, 5) is 2.56. The van der Waals surface area contributed by atoms with Gasteiger partial charge in [0.15, 0.2) is 0 Å². The Hall–Kier alpha value is -0.0800. The van der Waals surface area contributed by atoms with Crippen LogP contribution in [0.5, 0.6) is 0 Å². The lowest BCUT2D eigenvalue weighted by Crippen LogP contribution is -2.42. The summed E-state index contributed by atoms with van der Waals surface area (Å²) in [5, 5.41) is 3.53. The second-order valence-electron chi connectivity index (χ2n) is 5.66. The van der Waals surface area contributed by atoms with E-state index < -0.39 is 0 Å². The average Bonchev–Trinajstić information content (AvgIpc) is 2.22. The maximum absolute atomic E-state index is 3.53. The van der Waals surface area contributed by atoms with Crippen molar-refractivity contribution < 1.29 is 0 Å². The molecule has 1 aliphatic rings. The Bertz CT molecular complexity index is 178. The molecule has 0 aromatic heterocycles. The van der Waals surface area contributed by atoms with E-state index in [0.29, 0.717) is 6.04 Å². The van der Waals surface area contributed by atoms with Crippen LogP contribution >= 0.6 is 0 Å². The van der Waals surface area contributed by atoms with Gasteiger partial charge in [-0.2, -0.15) is 0 Å². The highest BCUT2D eigenvalue weighted by molar-refractivity contribution is 4.78. The number of hydrogen-bond donors (Lipinski definition) is 1. The summed E-state index contributed by atoms with van der Waals surface area (Å²) in [7, 11) is 2.29. The van der Waals surface area contributed by atoms with Gasteiger partial charge in [-0.05, 0) is 58.2 Å². The second kappa shape index (κ2) is 7.29. The Kier molecular flexibility index (Phi) is 6.37. The van der Waals surface area contributed by atoms with E-state index in [1.807, 2.05) is 0 Å². The smallest absolute Gasteiger partial charge is 0.0102 e. The number of rotatable bonds is 8. The summed E-state index contributed by atoms with van der Waals surface area (Å²) >= 11 is 0. The summed E-state index contributed by atoms with van der Waals surface area (Å²) in [6.45, 7) is 10.6. The maximum Gasteiger partial charge on any atom is 0.0102 e. The van der Waals surface area contributed by atoms with Crippen molar-refractivity contribution in [3.8, 4) is 0 Å². The Balaban J connectivity index is 2.16. The van der Waals surface area contributed by atoms with Crippen LogP contribution in [0.1, 0.15) is 46.5 Å². The molecule has 1 saturated carbocycles. The molecule has 2 heteroatoms. The maximum atomic E-state index is 3.53. The van der Waals surface area contributed by atoms with Crippen LogP contribution in [0.25, 0.3) is 0 Å². The quantitative estimate of drug-likeness (QED) is 0.640. The molecule has 0 aliphatic heterocycles. The highest BCUT2D eigenvalue weighted by atomic mass is 15.1. The highest BCUT2D eigenvalue weighted by Crippen LogP contribution is 2.27. The van der Waals surface area contributed by atoms with E-state index in [9.17, 15) is 0 Å². The molecule has 1 rings (SSSR count). The Morgan fingerprint density at radius 1 is 1.31 bits per heavy atom. The molecular formula is C14H30N2. The Morgan fingerprint density at radius 3 is 2.50 bits per heavy atom. The minimum Gasteiger partial charge on any atom is -0.316 e. The zero-order chi connectivity index (χ0) is 12.0. The van der Waals surface area contributed by atoms with E-state index in [2.05, 4.69) is 38.0 Å². The lowest BCUT2D eigenvalue weighted by atomic mass is 9.84. The lowest BCUT2D eigenvalue weighted by Gasteiger charge is -2.36. The van der Waals surface area contributed by atoms with Crippen molar-refractivity contribution in [3.63, 3.8) is 0 Å². The molecule has 2 unspecified atom stereocenters. The normalized spacial score (nSPS) is 20.8. The first-order chi connectivity index (χ1) is 7.65. The van der Waals surface area contributed by atoms with Gasteiger partial charge in [-0.25, -0.2) is 0 Å². The average molecular weight is 226 g/mol. The number of nitrogens with zero attached hydrogens (tertiary/aromatic N) is 1. The van der Waals surface area contributed by atoms with Gasteiger partial charge < -0.3 is 10.2 Å². The molecule has 96 valence electrons. The SMILES string of the molecule is CCCNCC(C)C(C)N(C)CC1CCC1. The molecule has 0 spiro atoms. The molecule has 0 aromatic rings. The van der Waals surface area contributed by atoms with Crippen LogP contribution < -0.4 is 5.32 Å². The van der Waals surface area contributed by atoms with Crippen molar-refractivity contribution in [2.24, 2.45) is 11.8 Å². The molecule has 1 N–H and O–H groups in total. The molecule has 2 nitrogen and oxygen atoms in total. The van der Waals surface area contributed by atoms with E-state index in [1.54, 1.807) is 0 Å². The highest BCUT2D eigenvalue weighted by Gasteiger charge is 2.23. The largest absolute Gasteiger partial charge is 0.316 e. The second-order valence-corrected chi connectivity index (χ2v) is 5.66. The summed E-state index contributed by atoms with van der Waals surface area (Å²) in [6.07, 6.45) is 5.61. The van der Waals surface area contributed by atoms with Crippen molar-refractivity contribution in [2.45, 2.75) is 52.5 Å². The molecule has 1 fully saturated rings. The van der Waals surface area contributed by atoms with Crippen molar-refractivity contribution in [2.75, 3.05) is 26.7 Å². The first-order valence-electron chi connectivity index (χ1n) is 7.06. The van der Waals surface area contributed by atoms with Crippen LogP contribution in [0, 0.1) is 11.8 Å². The van der Waals surface area contributed by atoms with Crippen molar-refractivity contribution in [3.05, 3.63) is 0 Å². The van der Waals surface area contributed by atoms with Crippen LogP contribution in [-0.2, 0) is 0 Å². The van der Waals surface area contributed by atoms with Crippen LogP contribution in [0.15, 0.2) is 0 Å². The van der Waals surface area contributed by atoms with E-state index in [-0.39, 0.29) is 0 Å². The van der Waals surface area contributed by atoms with Gasteiger partial charge >= 0.3 is 0 Å². The fraction of sp³-hybridized carbons (Fsp3) is 1.00. The van der Waals surface area contributed by atoms with Gasteiger partial charge in [0, 0.05) is 12.6 Å². The Morgan fingerprint density at radius 2 is 2.00 bits per heavy atom. The molecule has 0 bridgehead atoms. The van der Waals surface area contributed by atoms with Gasteiger partial charge in [-0.1, -0.05) is 20.3 Å². The van der Waals surface area contributed by atoms with Gasteiger partial charge in [0.05, 0.1) is 0 Å². The molecule has 0 aromatic carbocycles. The summed E-state index contributed by atoms with van der Waals surface area (Å²) in [5.74, 6) is 1.74. The van der Waals surface area contributed by atoms with Crippen molar-refractivity contribution in [1.82, 2.24) is 10.2 Å². The molecule has 1 aliphatic carbocycles. The third-order valence-corrected chi connectivity index (χ3v) is 4.18. The zero-order valence-corrected chi connectivity index (χ0v) is 11.6. The minimum absolute atomic E-state index is 0.699. The van der Waals surface area contributed by atoms with E-state index in [1.165, 1.54) is 32.2 Å². The predicted octanol–water partition coefficient (Wildman–Crippen LogP) is 2.74. The van der Waals surface area contributed by atoms with E-state index in [0.717, 1.165) is 24.9 Å². The van der Waals surface area contributed by atoms with Crippen molar-refractivity contribution in [1.29, 1.82) is 0 Å². The van der Waals surface area contributed by atoms with Gasteiger partial charge in [-0.15, -0.1) is 0 Å². The van der Waals surface area contributed by atoms with Gasteiger partial charge in [0.2, 0.25) is 0 Å². The standard InChI is InChI=1S/C14H30N2/c1-5-9-15-10-12(2)13(3)16(4)11-14-7-6-8-14/h12-15H,5-11H2,1-4H3. The van der Waals surface area contributed by atoms with Crippen LogP contribution in [-0.4, -0.2) is 37.6 Å². The fourth-order valence-corrected chi connectivity index (χ4v) is 2.36. The van der Waals surface area contributed by atoms with Crippen LogP contribution in [0.4, 0.5) is 0 Å². The van der Waals surface area contributed by atoms with Gasteiger partial charge in [0.25, 0.3) is 0 Å². The number of hydrogen-bond acceptors (Lipinski definition) is 2. The summed E-state index contributed by atoms with van der Waals surface area (Å²) in [6, 6.07) is 0.699. The summed E-state index contributed by atoms with van der Waals surface area (Å²) < 4.78 is 0. The first-order valence-corrected chi connectivity index (χ1v) is 7.06. The topological polar surface area (TPSA) is 15.3 Å². The van der Waals surface area contributed by atoms with E-state index in [4.69, 9.17) is 0 Å². The minimum atomic E-state index is 0.699. The van der Waals surface area contributed by atoms with Gasteiger partial charge in [-0.3, -0.25) is 0 Å². The molecule has 0 saturated heterocycles. The van der Waals surface area contributed by atoms with Crippen LogP contribution in [0.2, 0.25) is 0 Å². The Labute approximate surface area is 102 Å². The van der Waals surface area contributed by atoms with Crippen LogP contribution in [0.3, 0.4) is 0 Å². The van der Waals surface area contributed by atoms with Crippen molar-refractivity contribution >= 4 is 0 Å².